The number of hydrogen-bond acceptors (Lipinski definition) is 4. The fourth-order valence-corrected chi connectivity index (χ4v) is 5.81. The van der Waals surface area contributed by atoms with Gasteiger partial charge < -0.3 is 10.2 Å². The van der Waals surface area contributed by atoms with Gasteiger partial charge in [-0.15, -0.1) is 0 Å². The van der Waals surface area contributed by atoms with E-state index in [-0.39, 0.29) is 23.4 Å². The third kappa shape index (κ3) is 7.26. The van der Waals surface area contributed by atoms with Crippen LogP contribution in [0, 0.1) is 13.8 Å². The van der Waals surface area contributed by atoms with Crippen molar-refractivity contribution >= 4 is 27.5 Å². The third-order valence-electron chi connectivity index (χ3n) is 6.73. The molecule has 7 nitrogen and oxygen atoms in total. The molecule has 3 rings (SSSR count). The molecular weight excluding hydrogens is 510 g/mol. The topological polar surface area (TPSA) is 86.8 Å². The van der Waals surface area contributed by atoms with E-state index in [1.54, 1.807) is 43.3 Å². The van der Waals surface area contributed by atoms with Gasteiger partial charge in [-0.3, -0.25) is 13.9 Å². The standard InChI is InChI=1S/C31H39N3O4S/c1-7-26-13-10-11-15-29(26)34(39(37,38)28-18-16-23(4)17-19-28)21-30(35)33(25(6)31(36)32-22(2)3)20-27-14-9-8-12-24(27)5/h8-19,22,25H,7,20-21H2,1-6H3,(H,32,36). The second-order valence-electron chi connectivity index (χ2n) is 10.1. The zero-order chi connectivity index (χ0) is 28.7. The van der Waals surface area contributed by atoms with Crippen molar-refractivity contribution in [1.82, 2.24) is 10.2 Å². The van der Waals surface area contributed by atoms with Crippen molar-refractivity contribution in [3.05, 3.63) is 95.1 Å². The van der Waals surface area contributed by atoms with Crippen LogP contribution in [-0.2, 0) is 32.6 Å². The van der Waals surface area contributed by atoms with Crippen molar-refractivity contribution in [3.8, 4) is 0 Å². The van der Waals surface area contributed by atoms with Gasteiger partial charge in [0.1, 0.15) is 12.6 Å². The number of aryl methyl sites for hydroxylation is 3. The van der Waals surface area contributed by atoms with E-state index in [0.717, 1.165) is 22.3 Å². The Morgan fingerprint density at radius 2 is 1.44 bits per heavy atom. The van der Waals surface area contributed by atoms with Gasteiger partial charge in [0.15, 0.2) is 0 Å². The maximum atomic E-state index is 14.0. The molecule has 8 heteroatoms. The summed E-state index contributed by atoms with van der Waals surface area (Å²) in [6, 6.07) is 20.5. The summed E-state index contributed by atoms with van der Waals surface area (Å²) in [6.45, 7) is 10.9. The number of nitrogens with zero attached hydrogens (tertiary/aromatic N) is 2. The van der Waals surface area contributed by atoms with Crippen LogP contribution in [0.25, 0.3) is 0 Å². The molecule has 0 aliphatic carbocycles. The first-order chi connectivity index (χ1) is 18.4. The van der Waals surface area contributed by atoms with Crippen LogP contribution < -0.4 is 9.62 Å². The highest BCUT2D eigenvalue weighted by Gasteiger charge is 2.33. The van der Waals surface area contributed by atoms with E-state index in [4.69, 9.17) is 0 Å². The van der Waals surface area contributed by atoms with Crippen molar-refractivity contribution in [1.29, 1.82) is 0 Å². The minimum absolute atomic E-state index is 0.0999. The lowest BCUT2D eigenvalue weighted by Crippen LogP contribution is -2.52. The molecule has 2 amide bonds. The Kier molecular flexibility index (Phi) is 9.92. The minimum atomic E-state index is -4.09. The molecule has 3 aromatic carbocycles. The Balaban J connectivity index is 2.08. The highest BCUT2D eigenvalue weighted by atomic mass is 32.2. The predicted octanol–water partition coefficient (Wildman–Crippen LogP) is 5.00. The molecule has 1 N–H and O–H groups in total. The number of rotatable bonds is 11. The quantitative estimate of drug-likeness (QED) is 0.365. The molecule has 39 heavy (non-hydrogen) atoms. The van der Waals surface area contributed by atoms with Gasteiger partial charge in [-0.25, -0.2) is 8.42 Å². The normalized spacial score (nSPS) is 12.2. The van der Waals surface area contributed by atoms with Crippen molar-refractivity contribution in [2.75, 3.05) is 10.8 Å². The lowest BCUT2D eigenvalue weighted by molar-refractivity contribution is -0.139. The molecule has 0 heterocycles. The number of benzene rings is 3. The molecule has 208 valence electrons. The van der Waals surface area contributed by atoms with Gasteiger partial charge in [0.2, 0.25) is 11.8 Å². The average molecular weight is 550 g/mol. The first-order valence-corrected chi connectivity index (χ1v) is 14.7. The molecule has 0 aliphatic heterocycles. The van der Waals surface area contributed by atoms with Crippen LogP contribution in [0.3, 0.4) is 0 Å². The Bertz CT molecular complexity index is 1400. The van der Waals surface area contributed by atoms with Gasteiger partial charge in [0.25, 0.3) is 10.0 Å². The molecule has 0 fully saturated rings. The average Bonchev–Trinajstić information content (AvgIpc) is 2.90. The van der Waals surface area contributed by atoms with Crippen molar-refractivity contribution < 1.29 is 18.0 Å². The maximum absolute atomic E-state index is 14.0. The summed E-state index contributed by atoms with van der Waals surface area (Å²) in [4.78, 5) is 28.7. The summed E-state index contributed by atoms with van der Waals surface area (Å²) in [6.07, 6.45) is 0.588. The van der Waals surface area contributed by atoms with Crippen LogP contribution >= 0.6 is 0 Å². The number of nitrogens with one attached hydrogen (secondary N) is 1. The number of amides is 2. The Hall–Kier alpha value is -3.65. The zero-order valence-electron chi connectivity index (χ0n) is 23.6. The second-order valence-corrected chi connectivity index (χ2v) is 12.0. The first-order valence-electron chi connectivity index (χ1n) is 13.3. The Morgan fingerprint density at radius 3 is 2.03 bits per heavy atom. The van der Waals surface area contributed by atoms with Gasteiger partial charge in [-0.2, -0.15) is 0 Å². The van der Waals surface area contributed by atoms with E-state index in [0.29, 0.717) is 12.1 Å². The summed E-state index contributed by atoms with van der Waals surface area (Å²) in [5.41, 5.74) is 4.05. The van der Waals surface area contributed by atoms with Crippen LogP contribution in [0.4, 0.5) is 5.69 Å². The lowest BCUT2D eigenvalue weighted by atomic mass is 10.1. The van der Waals surface area contributed by atoms with Crippen LogP contribution in [-0.4, -0.2) is 43.8 Å². The molecule has 0 saturated heterocycles. The fourth-order valence-electron chi connectivity index (χ4n) is 4.36. The summed E-state index contributed by atoms with van der Waals surface area (Å²) < 4.78 is 29.2. The van der Waals surface area contributed by atoms with Crippen LogP contribution in [0.5, 0.6) is 0 Å². The molecular formula is C31H39N3O4S. The van der Waals surface area contributed by atoms with Crippen molar-refractivity contribution in [3.63, 3.8) is 0 Å². The minimum Gasteiger partial charge on any atom is -0.352 e. The summed E-state index contributed by atoms with van der Waals surface area (Å²) in [7, 11) is -4.09. The van der Waals surface area contributed by atoms with Gasteiger partial charge in [0, 0.05) is 12.6 Å². The number of carbonyl (C=O) groups is 2. The molecule has 0 aliphatic rings. The molecule has 3 aromatic rings. The molecule has 1 atom stereocenters. The molecule has 0 saturated carbocycles. The highest BCUT2D eigenvalue weighted by Crippen LogP contribution is 2.28. The van der Waals surface area contributed by atoms with Gasteiger partial charge >= 0.3 is 0 Å². The number of anilines is 1. The van der Waals surface area contributed by atoms with Crippen molar-refractivity contribution in [2.24, 2.45) is 0 Å². The molecule has 0 bridgehead atoms. The predicted molar refractivity (Wildman–Crippen MR) is 156 cm³/mol. The SMILES string of the molecule is CCc1ccccc1N(CC(=O)N(Cc1ccccc1C)C(C)C(=O)NC(C)C)S(=O)(=O)c1ccc(C)cc1. The number of hydrogen-bond donors (Lipinski definition) is 1. The number of para-hydroxylation sites is 1. The van der Waals surface area contributed by atoms with Gasteiger partial charge in [-0.1, -0.05) is 67.1 Å². The fraction of sp³-hybridized carbons (Fsp3) is 0.355. The van der Waals surface area contributed by atoms with E-state index < -0.39 is 28.5 Å². The van der Waals surface area contributed by atoms with Gasteiger partial charge in [0.05, 0.1) is 10.6 Å². The van der Waals surface area contributed by atoms with E-state index in [9.17, 15) is 18.0 Å². The zero-order valence-corrected chi connectivity index (χ0v) is 24.5. The molecule has 0 radical (unpaired) electrons. The molecule has 0 spiro atoms. The van der Waals surface area contributed by atoms with Crippen LogP contribution in [0.1, 0.15) is 49.9 Å². The van der Waals surface area contributed by atoms with E-state index in [1.165, 1.54) is 9.21 Å². The summed E-state index contributed by atoms with van der Waals surface area (Å²) >= 11 is 0. The summed E-state index contributed by atoms with van der Waals surface area (Å²) in [5, 5.41) is 2.88. The van der Waals surface area contributed by atoms with Crippen LogP contribution in [0.15, 0.2) is 77.7 Å². The summed E-state index contributed by atoms with van der Waals surface area (Å²) in [5.74, 6) is -0.764. The number of sulfonamides is 1. The highest BCUT2D eigenvalue weighted by molar-refractivity contribution is 7.92. The van der Waals surface area contributed by atoms with Crippen molar-refractivity contribution in [2.45, 2.75) is 71.5 Å². The smallest absolute Gasteiger partial charge is 0.264 e. The molecule has 0 aromatic heterocycles. The third-order valence-corrected chi connectivity index (χ3v) is 8.50. The maximum Gasteiger partial charge on any atom is 0.264 e. The second kappa shape index (κ2) is 12.9. The largest absolute Gasteiger partial charge is 0.352 e. The van der Waals surface area contributed by atoms with E-state index >= 15 is 0 Å². The van der Waals surface area contributed by atoms with Crippen LogP contribution in [0.2, 0.25) is 0 Å². The molecule has 1 unspecified atom stereocenters. The van der Waals surface area contributed by atoms with Gasteiger partial charge in [-0.05, 0) is 75.9 Å². The lowest BCUT2D eigenvalue weighted by Gasteiger charge is -2.33. The van der Waals surface area contributed by atoms with E-state index in [1.807, 2.05) is 71.0 Å². The number of carbonyl (C=O) groups excluding carboxylic acids is 2. The Labute approximate surface area is 232 Å². The monoisotopic (exact) mass is 549 g/mol. The Morgan fingerprint density at radius 1 is 0.846 bits per heavy atom. The van der Waals surface area contributed by atoms with E-state index in [2.05, 4.69) is 5.32 Å². The first kappa shape index (κ1) is 29.9.